The van der Waals surface area contributed by atoms with Crippen LogP contribution in [0.1, 0.15) is 91.4 Å². The first-order chi connectivity index (χ1) is 20.9. The second-order valence-electron chi connectivity index (χ2n) is 13.7. The average Bonchev–Trinajstić information content (AvgIpc) is 2.92. The molecule has 1 aromatic carbocycles. The van der Waals surface area contributed by atoms with Gasteiger partial charge in [-0.3, -0.25) is 9.78 Å². The number of rotatable bonds is 5. The Kier molecular flexibility index (Phi) is 11.9. The zero-order chi connectivity index (χ0) is 33.5. The Labute approximate surface area is 266 Å². The van der Waals surface area contributed by atoms with Crippen LogP contribution in [0.15, 0.2) is 24.4 Å². The molecular formula is C33H50N4O8. The van der Waals surface area contributed by atoms with Gasteiger partial charge in [0.2, 0.25) is 0 Å². The molecule has 0 spiro atoms. The Balaban J connectivity index is 0.000000330. The van der Waals surface area contributed by atoms with E-state index in [4.69, 9.17) is 24.7 Å². The Bertz CT molecular complexity index is 1320. The molecule has 3 N–H and O–H groups in total. The quantitative estimate of drug-likeness (QED) is 0.449. The molecule has 0 bridgehead atoms. The van der Waals surface area contributed by atoms with Gasteiger partial charge in [-0.05, 0) is 86.4 Å². The van der Waals surface area contributed by atoms with Crippen molar-refractivity contribution in [1.82, 2.24) is 14.8 Å². The van der Waals surface area contributed by atoms with Gasteiger partial charge >= 0.3 is 12.2 Å². The number of ether oxygens (including phenoxy) is 4. The van der Waals surface area contributed by atoms with Crippen molar-refractivity contribution >= 4 is 29.0 Å². The molecular weight excluding hydrogens is 580 g/mol. The lowest BCUT2D eigenvalue weighted by molar-refractivity contribution is 0.00960. The summed E-state index contributed by atoms with van der Waals surface area (Å²) < 4.78 is 22.7. The summed E-state index contributed by atoms with van der Waals surface area (Å²) in [6.45, 7) is 17.2. The smallest absolute Gasteiger partial charge is 0.410 e. The maximum atomic E-state index is 12.3. The lowest BCUT2D eigenvalue weighted by Crippen LogP contribution is -2.44. The van der Waals surface area contributed by atoms with E-state index in [-0.39, 0.29) is 36.1 Å². The van der Waals surface area contributed by atoms with E-state index in [0.29, 0.717) is 68.9 Å². The Morgan fingerprint density at radius 1 is 0.867 bits per heavy atom. The predicted octanol–water partition coefficient (Wildman–Crippen LogP) is 5.28. The summed E-state index contributed by atoms with van der Waals surface area (Å²) in [5.74, 6) is 0.498. The average molecular weight is 631 g/mol. The Morgan fingerprint density at radius 2 is 1.38 bits per heavy atom. The first-order valence-electron chi connectivity index (χ1n) is 15.6. The fourth-order valence-electron chi connectivity index (χ4n) is 4.83. The van der Waals surface area contributed by atoms with Gasteiger partial charge in [0.15, 0.2) is 0 Å². The number of piperidine rings is 2. The van der Waals surface area contributed by atoms with Gasteiger partial charge in [-0.2, -0.15) is 0 Å². The molecule has 12 heteroatoms. The topological polar surface area (TPSA) is 154 Å². The van der Waals surface area contributed by atoms with Gasteiger partial charge < -0.3 is 39.6 Å². The fraction of sp³-hybridized carbons (Fsp3) is 0.636. The van der Waals surface area contributed by atoms with Crippen LogP contribution in [-0.2, 0) is 9.47 Å². The number of hydrogen-bond donors (Lipinski definition) is 2. The molecule has 2 fully saturated rings. The number of aliphatic hydroxyl groups excluding tert-OH is 1. The zero-order valence-corrected chi connectivity index (χ0v) is 27.9. The third-order valence-corrected chi connectivity index (χ3v) is 6.93. The summed E-state index contributed by atoms with van der Waals surface area (Å²) >= 11 is 0. The number of nitrogens with zero attached hydrogens (tertiary/aromatic N) is 3. The van der Waals surface area contributed by atoms with Gasteiger partial charge in [-0.1, -0.05) is 0 Å². The van der Waals surface area contributed by atoms with Crippen molar-refractivity contribution in [2.24, 2.45) is 5.73 Å². The summed E-state index contributed by atoms with van der Waals surface area (Å²) in [6, 6.07) is 5.19. The highest BCUT2D eigenvalue weighted by molar-refractivity contribution is 6.01. The van der Waals surface area contributed by atoms with Crippen LogP contribution in [0.5, 0.6) is 11.5 Å². The lowest BCUT2D eigenvalue weighted by Gasteiger charge is -2.33. The number of hydrogen-bond acceptors (Lipinski definition) is 9. The number of amides is 3. The fourth-order valence-corrected chi connectivity index (χ4v) is 4.83. The van der Waals surface area contributed by atoms with Crippen molar-refractivity contribution in [3.8, 4) is 11.5 Å². The number of fused-ring (bicyclic) bond motifs is 1. The monoisotopic (exact) mass is 630 g/mol. The maximum absolute atomic E-state index is 12.3. The number of nitrogens with two attached hydrogens (primary N) is 1. The standard InChI is InChI=1S/C23H31N3O5.C10H19NO3/c1-14(2)29-20-13-16-18(12-17(20)21(24)27)25-9-6-19(16)30-15-7-10-26(11-8-15)22(28)31-23(3,4)5;1-10(2,3)14-9(13)11-6-4-8(12)5-7-11/h6,9,12-15H,7-8,10-11H2,1-5H3,(H2,24,27);8,12H,4-7H2,1-3H3. The third kappa shape index (κ3) is 11.3. The number of benzene rings is 1. The van der Waals surface area contributed by atoms with E-state index in [2.05, 4.69) is 4.98 Å². The highest BCUT2D eigenvalue weighted by Crippen LogP contribution is 2.33. The normalized spacial score (nSPS) is 16.6. The number of aliphatic hydroxyl groups is 1. The van der Waals surface area contributed by atoms with Crippen LogP contribution in [0.3, 0.4) is 0 Å². The van der Waals surface area contributed by atoms with Crippen LogP contribution in [0.2, 0.25) is 0 Å². The summed E-state index contributed by atoms with van der Waals surface area (Å²) in [4.78, 5) is 43.4. The molecule has 2 aliphatic heterocycles. The van der Waals surface area contributed by atoms with E-state index in [1.54, 1.807) is 34.2 Å². The molecule has 1 aromatic heterocycles. The molecule has 2 saturated heterocycles. The van der Waals surface area contributed by atoms with E-state index in [0.717, 1.165) is 5.39 Å². The summed E-state index contributed by atoms with van der Waals surface area (Å²) in [6.07, 6.45) is 3.34. The molecule has 2 aliphatic rings. The minimum Gasteiger partial charge on any atom is -0.490 e. The van der Waals surface area contributed by atoms with Gasteiger partial charge in [0.25, 0.3) is 5.91 Å². The minimum absolute atomic E-state index is 0.0467. The lowest BCUT2D eigenvalue weighted by atomic mass is 10.1. The summed E-state index contributed by atoms with van der Waals surface area (Å²) in [5.41, 5.74) is 5.47. The first-order valence-corrected chi connectivity index (χ1v) is 15.6. The summed E-state index contributed by atoms with van der Waals surface area (Å²) in [5, 5.41) is 10.0. The molecule has 3 amide bonds. The molecule has 3 heterocycles. The minimum atomic E-state index is -0.569. The van der Waals surface area contributed by atoms with Crippen molar-refractivity contribution in [3.63, 3.8) is 0 Å². The zero-order valence-electron chi connectivity index (χ0n) is 27.9. The molecule has 0 unspecified atom stereocenters. The van der Waals surface area contributed by atoms with Crippen molar-refractivity contribution < 1.29 is 38.4 Å². The van der Waals surface area contributed by atoms with Crippen LogP contribution < -0.4 is 15.2 Å². The number of carbonyl (C=O) groups is 3. The number of primary amides is 1. The van der Waals surface area contributed by atoms with Crippen molar-refractivity contribution in [1.29, 1.82) is 0 Å². The van der Waals surface area contributed by atoms with E-state index in [1.165, 1.54) is 0 Å². The van der Waals surface area contributed by atoms with Gasteiger partial charge in [0.1, 0.15) is 28.8 Å². The van der Waals surface area contributed by atoms with E-state index in [9.17, 15) is 19.5 Å². The van der Waals surface area contributed by atoms with Gasteiger partial charge in [0.05, 0.1) is 23.3 Å². The molecule has 0 aliphatic carbocycles. The molecule has 0 radical (unpaired) electrons. The largest absolute Gasteiger partial charge is 0.490 e. The summed E-state index contributed by atoms with van der Waals surface area (Å²) in [7, 11) is 0. The van der Waals surface area contributed by atoms with Crippen LogP contribution in [0, 0.1) is 0 Å². The maximum Gasteiger partial charge on any atom is 0.410 e. The molecule has 0 saturated carbocycles. The predicted molar refractivity (Wildman–Crippen MR) is 171 cm³/mol. The van der Waals surface area contributed by atoms with E-state index in [1.807, 2.05) is 55.4 Å². The molecule has 250 valence electrons. The Morgan fingerprint density at radius 3 is 1.84 bits per heavy atom. The molecule has 2 aromatic rings. The highest BCUT2D eigenvalue weighted by atomic mass is 16.6. The van der Waals surface area contributed by atoms with Crippen molar-refractivity contribution in [2.75, 3.05) is 26.2 Å². The van der Waals surface area contributed by atoms with Gasteiger partial charge in [0, 0.05) is 50.6 Å². The van der Waals surface area contributed by atoms with E-state index < -0.39 is 17.1 Å². The second kappa shape index (κ2) is 15.0. The van der Waals surface area contributed by atoms with Gasteiger partial charge in [-0.15, -0.1) is 0 Å². The number of likely N-dealkylation sites (tertiary alicyclic amines) is 2. The second-order valence-corrected chi connectivity index (χ2v) is 13.7. The number of aromatic nitrogens is 1. The van der Waals surface area contributed by atoms with Gasteiger partial charge in [-0.25, -0.2) is 9.59 Å². The number of carbonyl (C=O) groups excluding carboxylic acids is 3. The van der Waals surface area contributed by atoms with Crippen LogP contribution in [0.25, 0.3) is 10.9 Å². The first kappa shape index (κ1) is 35.7. The number of pyridine rings is 1. The molecule has 12 nitrogen and oxygen atoms in total. The van der Waals surface area contributed by atoms with E-state index >= 15 is 0 Å². The molecule has 4 rings (SSSR count). The SMILES string of the molecule is CC(C)(C)OC(=O)N1CCC(O)CC1.CC(C)Oc1cc2c(OC3CCN(C(=O)OC(C)(C)C)CC3)ccnc2cc1C(N)=O. The molecule has 45 heavy (non-hydrogen) atoms. The van der Waals surface area contributed by atoms with Crippen LogP contribution in [-0.4, -0.2) is 93.7 Å². The molecule has 0 atom stereocenters. The van der Waals surface area contributed by atoms with Crippen molar-refractivity contribution in [3.05, 3.63) is 30.0 Å². The van der Waals surface area contributed by atoms with Crippen LogP contribution in [0.4, 0.5) is 9.59 Å². The highest BCUT2D eigenvalue weighted by Gasteiger charge is 2.29. The Hall–Kier alpha value is -3.80. The van der Waals surface area contributed by atoms with Crippen molar-refractivity contribution in [2.45, 2.75) is 111 Å². The third-order valence-electron chi connectivity index (χ3n) is 6.93. The van der Waals surface area contributed by atoms with Crippen LogP contribution >= 0.6 is 0 Å².